The van der Waals surface area contributed by atoms with Gasteiger partial charge in [-0.25, -0.2) is 4.99 Å². The molecule has 0 aliphatic carbocycles. The number of benzene rings is 1. The summed E-state index contributed by atoms with van der Waals surface area (Å²) in [5.41, 5.74) is -0.123. The largest absolute Gasteiger partial charge is 0.384 e. The zero-order valence-corrected chi connectivity index (χ0v) is 15.4. The summed E-state index contributed by atoms with van der Waals surface area (Å²) in [5, 5.41) is 17.1. The number of rotatable bonds is 10. The highest BCUT2D eigenvalue weighted by Crippen LogP contribution is 2.20. The van der Waals surface area contributed by atoms with Crippen molar-refractivity contribution < 1.29 is 9.84 Å². The van der Waals surface area contributed by atoms with E-state index in [1.165, 1.54) is 0 Å². The molecule has 0 radical (unpaired) electrons. The first-order valence-electron chi connectivity index (χ1n) is 8.47. The monoisotopic (exact) mass is 336 g/mol. The molecule has 1 rings (SSSR count). The van der Waals surface area contributed by atoms with E-state index in [0.717, 1.165) is 38.3 Å². The van der Waals surface area contributed by atoms with Gasteiger partial charge in [0.2, 0.25) is 0 Å². The van der Waals surface area contributed by atoms with Crippen molar-refractivity contribution in [2.45, 2.75) is 19.4 Å². The van der Waals surface area contributed by atoms with Gasteiger partial charge in [0.15, 0.2) is 5.96 Å². The first-order valence-corrected chi connectivity index (χ1v) is 8.47. The van der Waals surface area contributed by atoms with E-state index in [4.69, 9.17) is 4.74 Å². The van der Waals surface area contributed by atoms with Gasteiger partial charge in [0.1, 0.15) is 5.60 Å². The van der Waals surface area contributed by atoms with Crippen LogP contribution in [0.25, 0.3) is 0 Å². The Labute approximate surface area is 145 Å². The summed E-state index contributed by atoms with van der Waals surface area (Å²) >= 11 is 0. The number of nitrogens with one attached hydrogen (secondary N) is 2. The topological polar surface area (TPSA) is 69.1 Å². The van der Waals surface area contributed by atoms with Crippen molar-refractivity contribution >= 4 is 5.96 Å². The Bertz CT molecular complexity index is 477. The number of methoxy groups -OCH3 is 1. The molecule has 3 N–H and O–H groups in total. The number of aliphatic hydroxyl groups is 1. The van der Waals surface area contributed by atoms with E-state index >= 15 is 0 Å². The summed E-state index contributed by atoms with van der Waals surface area (Å²) in [4.78, 5) is 6.72. The summed E-state index contributed by atoms with van der Waals surface area (Å²) in [6, 6.07) is 9.62. The van der Waals surface area contributed by atoms with E-state index in [1.54, 1.807) is 14.0 Å². The Kier molecular flexibility index (Phi) is 9.37. The van der Waals surface area contributed by atoms with Gasteiger partial charge in [-0.05, 0) is 26.5 Å². The minimum atomic E-state index is -0.987. The first-order chi connectivity index (χ1) is 11.5. The Morgan fingerprint density at radius 2 is 1.96 bits per heavy atom. The van der Waals surface area contributed by atoms with Gasteiger partial charge in [-0.3, -0.25) is 0 Å². The third kappa shape index (κ3) is 7.77. The molecule has 0 spiro atoms. The highest BCUT2D eigenvalue weighted by molar-refractivity contribution is 5.79. The molecule has 0 aliphatic heterocycles. The maximum atomic E-state index is 10.6. The zero-order chi connectivity index (χ0) is 17.8. The van der Waals surface area contributed by atoms with Crippen LogP contribution in [0.3, 0.4) is 0 Å². The Morgan fingerprint density at radius 1 is 1.25 bits per heavy atom. The lowest BCUT2D eigenvalue weighted by atomic mass is 9.96. The number of ether oxygens (including phenoxy) is 1. The maximum Gasteiger partial charge on any atom is 0.191 e. The fraction of sp³-hybridized carbons (Fsp3) is 0.611. The van der Waals surface area contributed by atoms with Crippen LogP contribution in [-0.4, -0.2) is 69.5 Å². The molecule has 0 fully saturated rings. The van der Waals surface area contributed by atoms with Gasteiger partial charge >= 0.3 is 0 Å². The van der Waals surface area contributed by atoms with Gasteiger partial charge in [0.05, 0.1) is 13.2 Å². The first kappa shape index (κ1) is 20.4. The summed E-state index contributed by atoms with van der Waals surface area (Å²) in [5.74, 6) is 0.717. The summed E-state index contributed by atoms with van der Waals surface area (Å²) < 4.78 is 5.07. The minimum Gasteiger partial charge on any atom is -0.384 e. The van der Waals surface area contributed by atoms with E-state index in [9.17, 15) is 5.11 Å². The van der Waals surface area contributed by atoms with E-state index in [2.05, 4.69) is 27.6 Å². The van der Waals surface area contributed by atoms with Crippen LogP contribution in [0.5, 0.6) is 0 Å². The molecule has 0 aromatic heterocycles. The molecule has 0 amide bonds. The van der Waals surface area contributed by atoms with Crippen LogP contribution in [-0.2, 0) is 10.3 Å². The van der Waals surface area contributed by atoms with E-state index in [1.807, 2.05) is 37.3 Å². The predicted molar refractivity (Wildman–Crippen MR) is 99.4 cm³/mol. The highest BCUT2D eigenvalue weighted by Gasteiger charge is 2.22. The lowest BCUT2D eigenvalue weighted by molar-refractivity contribution is 0.0672. The SMILES string of the molecule is CCNC(=NCC(C)(O)c1ccccc1)NCCN(C)CCOC. The molecule has 0 aliphatic rings. The average molecular weight is 336 g/mol. The van der Waals surface area contributed by atoms with Gasteiger partial charge in [-0.2, -0.15) is 0 Å². The predicted octanol–water partition coefficient (Wildman–Crippen LogP) is 1.03. The summed E-state index contributed by atoms with van der Waals surface area (Å²) in [7, 11) is 3.77. The lowest BCUT2D eigenvalue weighted by Crippen LogP contribution is -2.42. The van der Waals surface area contributed by atoms with E-state index in [0.29, 0.717) is 12.5 Å². The van der Waals surface area contributed by atoms with Crippen LogP contribution >= 0.6 is 0 Å². The molecular weight excluding hydrogens is 304 g/mol. The Balaban J connectivity index is 2.53. The number of guanidine groups is 1. The number of hydrogen-bond acceptors (Lipinski definition) is 4. The van der Waals surface area contributed by atoms with Crippen molar-refractivity contribution in [3.63, 3.8) is 0 Å². The van der Waals surface area contributed by atoms with Crippen molar-refractivity contribution in [2.24, 2.45) is 4.99 Å². The average Bonchev–Trinajstić information content (AvgIpc) is 2.58. The van der Waals surface area contributed by atoms with Crippen LogP contribution in [0.2, 0.25) is 0 Å². The van der Waals surface area contributed by atoms with Crippen LogP contribution < -0.4 is 10.6 Å². The summed E-state index contributed by atoms with van der Waals surface area (Å²) in [6.07, 6.45) is 0. The van der Waals surface area contributed by atoms with Crippen LogP contribution in [0.1, 0.15) is 19.4 Å². The number of likely N-dealkylation sites (N-methyl/N-ethyl adjacent to an activating group) is 1. The van der Waals surface area contributed by atoms with Crippen molar-refractivity contribution in [3.8, 4) is 0 Å². The van der Waals surface area contributed by atoms with Crippen molar-refractivity contribution in [3.05, 3.63) is 35.9 Å². The fourth-order valence-electron chi connectivity index (χ4n) is 2.19. The van der Waals surface area contributed by atoms with Gasteiger partial charge in [-0.15, -0.1) is 0 Å². The zero-order valence-electron chi connectivity index (χ0n) is 15.4. The number of aliphatic imine (C=N–C) groups is 1. The molecule has 0 saturated carbocycles. The fourth-order valence-corrected chi connectivity index (χ4v) is 2.19. The van der Waals surface area contributed by atoms with Crippen LogP contribution in [0, 0.1) is 0 Å². The van der Waals surface area contributed by atoms with E-state index < -0.39 is 5.60 Å². The third-order valence-corrected chi connectivity index (χ3v) is 3.75. The minimum absolute atomic E-state index is 0.297. The van der Waals surface area contributed by atoms with Crippen molar-refractivity contribution in [1.82, 2.24) is 15.5 Å². The lowest BCUT2D eigenvalue weighted by Gasteiger charge is -2.23. The standard InChI is InChI=1S/C18H32N4O2/c1-5-19-17(20-11-12-22(3)13-14-24-4)21-15-18(2,23)16-9-7-6-8-10-16/h6-10,23H,5,11-15H2,1-4H3,(H2,19,20,21). The van der Waals surface area contributed by atoms with Gasteiger partial charge < -0.3 is 25.4 Å². The quantitative estimate of drug-likeness (QED) is 0.440. The molecule has 1 aromatic rings. The van der Waals surface area contributed by atoms with Crippen LogP contribution in [0.4, 0.5) is 0 Å². The number of nitrogens with zero attached hydrogens (tertiary/aromatic N) is 2. The molecular formula is C18H32N4O2. The molecule has 0 bridgehead atoms. The molecule has 6 heteroatoms. The Morgan fingerprint density at radius 3 is 2.58 bits per heavy atom. The number of hydrogen-bond donors (Lipinski definition) is 3. The second-order valence-corrected chi connectivity index (χ2v) is 6.06. The van der Waals surface area contributed by atoms with Crippen LogP contribution in [0.15, 0.2) is 35.3 Å². The van der Waals surface area contributed by atoms with Crippen molar-refractivity contribution in [2.75, 3.05) is 53.5 Å². The summed E-state index contributed by atoms with van der Waals surface area (Å²) in [6.45, 7) is 8.18. The molecule has 1 atom stereocenters. The molecule has 0 heterocycles. The maximum absolute atomic E-state index is 10.6. The van der Waals surface area contributed by atoms with Gasteiger partial charge in [-0.1, -0.05) is 30.3 Å². The molecule has 24 heavy (non-hydrogen) atoms. The molecule has 6 nitrogen and oxygen atoms in total. The highest BCUT2D eigenvalue weighted by atomic mass is 16.5. The second-order valence-electron chi connectivity index (χ2n) is 6.06. The molecule has 136 valence electrons. The van der Waals surface area contributed by atoms with E-state index in [-0.39, 0.29) is 0 Å². The Hall–Kier alpha value is -1.63. The second kappa shape index (κ2) is 11.0. The smallest absolute Gasteiger partial charge is 0.191 e. The van der Waals surface area contributed by atoms with Crippen molar-refractivity contribution in [1.29, 1.82) is 0 Å². The molecule has 0 saturated heterocycles. The van der Waals surface area contributed by atoms with Gasteiger partial charge in [0, 0.05) is 33.3 Å². The van der Waals surface area contributed by atoms with Gasteiger partial charge in [0.25, 0.3) is 0 Å². The molecule has 1 aromatic carbocycles. The molecule has 1 unspecified atom stereocenters. The third-order valence-electron chi connectivity index (χ3n) is 3.75. The normalized spacial score (nSPS) is 14.5.